The van der Waals surface area contributed by atoms with Crippen LogP contribution in [0.15, 0.2) is 60.7 Å². The summed E-state index contributed by atoms with van der Waals surface area (Å²) < 4.78 is 0. The third kappa shape index (κ3) is 4.29. The number of carbonyl (C=O) groups is 2. The summed E-state index contributed by atoms with van der Waals surface area (Å²) in [4.78, 5) is 25.2. The van der Waals surface area contributed by atoms with E-state index in [0.717, 1.165) is 0 Å². The molecule has 3 rings (SSSR count). The molecule has 0 aliphatic rings. The molecule has 0 aliphatic carbocycles. The fraction of sp³-hybridized carbons (Fsp3) is 0.0909. The predicted molar refractivity (Wildman–Crippen MR) is 114 cm³/mol. The van der Waals surface area contributed by atoms with E-state index in [4.69, 9.17) is 11.5 Å². The van der Waals surface area contributed by atoms with Crippen molar-refractivity contribution in [3.8, 4) is 0 Å². The van der Waals surface area contributed by atoms with E-state index in [2.05, 4.69) is 10.6 Å². The van der Waals surface area contributed by atoms with Gasteiger partial charge in [0.1, 0.15) is 0 Å². The molecule has 0 aliphatic heterocycles. The Morgan fingerprint density at radius 3 is 1.29 bits per heavy atom. The number of hydrogen-bond donors (Lipinski definition) is 4. The summed E-state index contributed by atoms with van der Waals surface area (Å²) in [7, 11) is 0. The molecule has 6 heteroatoms. The van der Waals surface area contributed by atoms with E-state index < -0.39 is 0 Å². The number of rotatable bonds is 4. The lowest BCUT2D eigenvalue weighted by Gasteiger charge is -2.13. The van der Waals surface area contributed by atoms with Crippen LogP contribution < -0.4 is 22.1 Å². The number of benzene rings is 3. The van der Waals surface area contributed by atoms with Crippen LogP contribution in [0.3, 0.4) is 0 Å². The van der Waals surface area contributed by atoms with Gasteiger partial charge in [-0.25, -0.2) is 0 Å². The van der Waals surface area contributed by atoms with E-state index >= 15 is 0 Å². The van der Waals surface area contributed by atoms with Gasteiger partial charge in [0.25, 0.3) is 11.8 Å². The van der Waals surface area contributed by atoms with Gasteiger partial charge in [-0.2, -0.15) is 0 Å². The summed E-state index contributed by atoms with van der Waals surface area (Å²) in [5, 5.41) is 5.68. The molecule has 3 aromatic rings. The van der Waals surface area contributed by atoms with Gasteiger partial charge in [0.15, 0.2) is 0 Å². The topological polar surface area (TPSA) is 110 Å². The van der Waals surface area contributed by atoms with Crippen molar-refractivity contribution in [2.24, 2.45) is 0 Å². The van der Waals surface area contributed by atoms with Gasteiger partial charge in [-0.3, -0.25) is 9.59 Å². The Morgan fingerprint density at radius 2 is 0.964 bits per heavy atom. The Balaban J connectivity index is 1.79. The molecule has 0 spiro atoms. The molecule has 0 aromatic heterocycles. The minimum Gasteiger partial charge on any atom is -0.399 e. The number of hydrogen-bond acceptors (Lipinski definition) is 4. The average Bonchev–Trinajstić information content (AvgIpc) is 2.66. The maximum absolute atomic E-state index is 12.6. The highest BCUT2D eigenvalue weighted by Gasteiger charge is 2.16. The Labute approximate surface area is 163 Å². The smallest absolute Gasteiger partial charge is 0.255 e. The number of carbonyl (C=O) groups excluding carboxylic acids is 2. The van der Waals surface area contributed by atoms with Crippen LogP contribution in [0.4, 0.5) is 22.7 Å². The fourth-order valence-electron chi connectivity index (χ4n) is 2.84. The molecule has 3 aromatic carbocycles. The van der Waals surface area contributed by atoms with Crippen LogP contribution in [0.2, 0.25) is 0 Å². The van der Waals surface area contributed by atoms with E-state index in [1.807, 2.05) is 0 Å². The van der Waals surface area contributed by atoms with Gasteiger partial charge >= 0.3 is 0 Å². The molecule has 0 saturated heterocycles. The van der Waals surface area contributed by atoms with Crippen molar-refractivity contribution in [1.29, 1.82) is 0 Å². The molecule has 6 N–H and O–H groups in total. The number of amides is 2. The standard InChI is InChI=1S/C22H22N4O2/c1-13-11-20(22(28)26-18-9-5-16(24)6-10-18)14(2)12-19(13)21(27)25-17-7-3-15(23)4-8-17/h3-12H,23-24H2,1-2H3,(H,25,27)(H,26,28). The SMILES string of the molecule is Cc1cc(C(=O)Nc2ccc(N)cc2)c(C)cc1C(=O)Nc1ccc(N)cc1. The highest BCUT2D eigenvalue weighted by atomic mass is 16.2. The quantitative estimate of drug-likeness (QED) is 0.518. The molecule has 0 radical (unpaired) electrons. The van der Waals surface area contributed by atoms with Crippen molar-refractivity contribution in [2.75, 3.05) is 22.1 Å². The van der Waals surface area contributed by atoms with E-state index in [1.165, 1.54) is 0 Å². The maximum atomic E-state index is 12.6. The molecule has 0 saturated carbocycles. The third-order valence-electron chi connectivity index (χ3n) is 4.40. The second-order valence-electron chi connectivity index (χ2n) is 6.63. The molecule has 142 valence electrons. The Morgan fingerprint density at radius 1 is 0.643 bits per heavy atom. The molecular weight excluding hydrogens is 352 g/mol. The summed E-state index contributed by atoms with van der Waals surface area (Å²) in [5.41, 5.74) is 16.3. The Bertz CT molecular complexity index is 940. The summed E-state index contributed by atoms with van der Waals surface area (Å²) in [6, 6.07) is 17.3. The van der Waals surface area contributed by atoms with Crippen molar-refractivity contribution in [1.82, 2.24) is 0 Å². The van der Waals surface area contributed by atoms with Crippen molar-refractivity contribution in [3.05, 3.63) is 82.9 Å². The lowest BCUT2D eigenvalue weighted by molar-refractivity contribution is 0.101. The fourth-order valence-corrected chi connectivity index (χ4v) is 2.84. The van der Waals surface area contributed by atoms with Gasteiger partial charge in [-0.05, 0) is 85.6 Å². The van der Waals surface area contributed by atoms with Gasteiger partial charge < -0.3 is 22.1 Å². The highest BCUT2D eigenvalue weighted by Crippen LogP contribution is 2.20. The van der Waals surface area contributed by atoms with Gasteiger partial charge in [0, 0.05) is 33.9 Å². The van der Waals surface area contributed by atoms with Crippen molar-refractivity contribution >= 4 is 34.6 Å². The third-order valence-corrected chi connectivity index (χ3v) is 4.40. The van der Waals surface area contributed by atoms with E-state index in [9.17, 15) is 9.59 Å². The minimum atomic E-state index is -0.240. The zero-order valence-electron chi connectivity index (χ0n) is 15.7. The summed E-state index contributed by atoms with van der Waals surface area (Å²) in [5.74, 6) is -0.480. The number of aryl methyl sites for hydroxylation is 2. The van der Waals surface area contributed by atoms with Crippen molar-refractivity contribution in [2.45, 2.75) is 13.8 Å². The van der Waals surface area contributed by atoms with Crippen LogP contribution in [0.25, 0.3) is 0 Å². The Kier molecular flexibility index (Phi) is 5.31. The van der Waals surface area contributed by atoms with E-state index in [1.54, 1.807) is 74.5 Å². The first-order chi connectivity index (χ1) is 13.3. The minimum absolute atomic E-state index is 0.240. The van der Waals surface area contributed by atoms with E-state index in [-0.39, 0.29) is 11.8 Å². The highest BCUT2D eigenvalue weighted by molar-refractivity contribution is 6.09. The number of anilines is 4. The van der Waals surface area contributed by atoms with Crippen LogP contribution in [0.1, 0.15) is 31.8 Å². The largest absolute Gasteiger partial charge is 0.399 e. The first kappa shape index (κ1) is 19.0. The zero-order valence-corrected chi connectivity index (χ0v) is 15.7. The Hall–Kier alpha value is -3.80. The molecule has 0 bridgehead atoms. The monoisotopic (exact) mass is 374 g/mol. The van der Waals surface area contributed by atoms with Crippen molar-refractivity contribution < 1.29 is 9.59 Å². The number of nitrogen functional groups attached to an aromatic ring is 2. The zero-order chi connectivity index (χ0) is 20.3. The lowest BCUT2D eigenvalue weighted by Crippen LogP contribution is -2.17. The van der Waals surface area contributed by atoms with Gasteiger partial charge in [-0.15, -0.1) is 0 Å². The van der Waals surface area contributed by atoms with E-state index in [0.29, 0.717) is 45.0 Å². The van der Waals surface area contributed by atoms with Crippen molar-refractivity contribution in [3.63, 3.8) is 0 Å². The molecule has 6 nitrogen and oxygen atoms in total. The lowest BCUT2D eigenvalue weighted by atomic mass is 9.98. The molecule has 2 amide bonds. The molecule has 0 atom stereocenters. The van der Waals surface area contributed by atoms with Crippen LogP contribution in [0.5, 0.6) is 0 Å². The molecule has 0 fully saturated rings. The maximum Gasteiger partial charge on any atom is 0.255 e. The normalized spacial score (nSPS) is 10.4. The predicted octanol–water partition coefficient (Wildman–Crippen LogP) is 3.97. The molecular formula is C22H22N4O2. The molecule has 28 heavy (non-hydrogen) atoms. The molecule has 0 unspecified atom stereocenters. The summed E-state index contributed by atoms with van der Waals surface area (Å²) in [6.07, 6.45) is 0. The number of nitrogens with two attached hydrogens (primary N) is 2. The summed E-state index contributed by atoms with van der Waals surface area (Å²) >= 11 is 0. The van der Waals surface area contributed by atoms with Crippen LogP contribution >= 0.6 is 0 Å². The first-order valence-electron chi connectivity index (χ1n) is 8.78. The van der Waals surface area contributed by atoms with Gasteiger partial charge in [0.05, 0.1) is 0 Å². The van der Waals surface area contributed by atoms with Crippen LogP contribution in [-0.4, -0.2) is 11.8 Å². The van der Waals surface area contributed by atoms with Gasteiger partial charge in [-0.1, -0.05) is 0 Å². The molecule has 0 heterocycles. The van der Waals surface area contributed by atoms with Crippen LogP contribution in [-0.2, 0) is 0 Å². The number of nitrogens with one attached hydrogen (secondary N) is 2. The first-order valence-corrected chi connectivity index (χ1v) is 8.78. The summed E-state index contributed by atoms with van der Waals surface area (Å²) in [6.45, 7) is 3.61. The average molecular weight is 374 g/mol. The second kappa shape index (κ2) is 7.84. The van der Waals surface area contributed by atoms with Crippen LogP contribution in [0, 0.1) is 13.8 Å². The second-order valence-corrected chi connectivity index (χ2v) is 6.63. The van der Waals surface area contributed by atoms with Gasteiger partial charge in [0.2, 0.25) is 0 Å².